The van der Waals surface area contributed by atoms with Gasteiger partial charge in [0.05, 0.1) is 17.0 Å². The Morgan fingerprint density at radius 1 is 1.53 bits per heavy atom. The molecule has 0 heterocycles. The number of alkyl halides is 1. The Bertz CT molecular complexity index is 406. The monoisotopic (exact) mass is 318 g/mol. The molecule has 2 unspecified atom stereocenters. The topological polar surface area (TPSA) is 26.3 Å². The molecule has 0 aliphatic heterocycles. The molecule has 1 aromatic carbocycles. The molecule has 0 spiro atoms. The van der Waals surface area contributed by atoms with E-state index in [2.05, 4.69) is 22.9 Å². The maximum Gasteiger partial charge on any atom is 0.176 e. The Morgan fingerprint density at radius 2 is 2.18 bits per heavy atom. The number of carbonyl (C=O) groups is 1. The summed E-state index contributed by atoms with van der Waals surface area (Å²) >= 11 is 9.44. The average Bonchev–Trinajstić information content (AvgIpc) is 2.35. The first-order chi connectivity index (χ1) is 8.01. The first kappa shape index (κ1) is 14.5. The first-order valence-corrected chi connectivity index (χ1v) is 6.82. The lowest BCUT2D eigenvalue weighted by molar-refractivity contribution is 0.0974. The lowest BCUT2D eigenvalue weighted by Gasteiger charge is -2.15. The summed E-state index contributed by atoms with van der Waals surface area (Å²) in [7, 11) is 1.55. The van der Waals surface area contributed by atoms with Gasteiger partial charge in [0.25, 0.3) is 0 Å². The van der Waals surface area contributed by atoms with E-state index in [-0.39, 0.29) is 10.6 Å². The van der Waals surface area contributed by atoms with Gasteiger partial charge in [0.1, 0.15) is 5.75 Å². The van der Waals surface area contributed by atoms with Gasteiger partial charge in [-0.3, -0.25) is 4.79 Å². The Labute approximate surface area is 115 Å². The molecule has 1 rings (SSSR count). The van der Waals surface area contributed by atoms with E-state index in [1.807, 2.05) is 6.92 Å². The van der Waals surface area contributed by atoms with Crippen LogP contribution in [-0.4, -0.2) is 17.7 Å². The minimum Gasteiger partial charge on any atom is -0.495 e. The lowest BCUT2D eigenvalue weighted by atomic mass is 9.97. The van der Waals surface area contributed by atoms with Crippen molar-refractivity contribution in [3.63, 3.8) is 0 Å². The van der Waals surface area contributed by atoms with E-state index < -0.39 is 0 Å². The summed E-state index contributed by atoms with van der Waals surface area (Å²) in [4.78, 5) is 12.0. The van der Waals surface area contributed by atoms with Crippen LogP contribution in [0.5, 0.6) is 5.75 Å². The summed E-state index contributed by atoms with van der Waals surface area (Å²) in [6, 6.07) is 5.11. The van der Waals surface area contributed by atoms with E-state index in [9.17, 15) is 4.79 Å². The standard InChI is InChI=1S/C13H16BrClO2/c1-4-8(2)12(14)13(16)9-5-6-11(17-3)10(15)7-9/h5-8,12H,4H2,1-3H3. The zero-order valence-corrected chi connectivity index (χ0v) is 12.5. The SMILES string of the molecule is CCC(C)C(Br)C(=O)c1ccc(OC)c(Cl)c1. The second kappa shape index (κ2) is 6.41. The van der Waals surface area contributed by atoms with Gasteiger partial charge in [-0.15, -0.1) is 0 Å². The molecule has 1 aromatic rings. The van der Waals surface area contributed by atoms with E-state index in [1.165, 1.54) is 0 Å². The predicted octanol–water partition coefficient (Wildman–Crippen LogP) is 4.34. The third-order valence-electron chi connectivity index (χ3n) is 2.83. The molecule has 0 bridgehead atoms. The number of carbonyl (C=O) groups excluding carboxylic acids is 1. The van der Waals surface area contributed by atoms with Crippen molar-refractivity contribution in [3.05, 3.63) is 28.8 Å². The van der Waals surface area contributed by atoms with Crippen molar-refractivity contribution in [1.82, 2.24) is 0 Å². The maximum absolute atomic E-state index is 12.2. The second-order valence-electron chi connectivity index (χ2n) is 4.00. The number of halogens is 2. The predicted molar refractivity (Wildman–Crippen MR) is 74.5 cm³/mol. The summed E-state index contributed by atoms with van der Waals surface area (Å²) < 4.78 is 5.05. The number of hydrogen-bond donors (Lipinski definition) is 0. The van der Waals surface area contributed by atoms with Crippen molar-refractivity contribution in [3.8, 4) is 5.75 Å². The van der Waals surface area contributed by atoms with Gasteiger partial charge in [-0.05, 0) is 24.1 Å². The van der Waals surface area contributed by atoms with Gasteiger partial charge in [-0.25, -0.2) is 0 Å². The van der Waals surface area contributed by atoms with Gasteiger partial charge >= 0.3 is 0 Å². The minimum atomic E-state index is -0.169. The van der Waals surface area contributed by atoms with Crippen molar-refractivity contribution in [2.24, 2.45) is 5.92 Å². The molecule has 0 fully saturated rings. The highest BCUT2D eigenvalue weighted by atomic mass is 79.9. The summed E-state index contributed by atoms with van der Waals surface area (Å²) in [6.07, 6.45) is 0.950. The molecular weight excluding hydrogens is 303 g/mol. The number of methoxy groups -OCH3 is 1. The normalized spacial score (nSPS) is 14.2. The summed E-state index contributed by atoms with van der Waals surface area (Å²) in [5, 5.41) is 0.460. The van der Waals surface area contributed by atoms with Crippen molar-refractivity contribution >= 4 is 33.3 Å². The van der Waals surface area contributed by atoms with Gasteiger partial charge in [0.15, 0.2) is 5.78 Å². The number of Topliss-reactive ketones (excluding diaryl/α,β-unsaturated/α-hetero) is 1. The molecule has 4 heteroatoms. The van der Waals surface area contributed by atoms with Crippen LogP contribution in [0.1, 0.15) is 30.6 Å². The maximum atomic E-state index is 12.2. The number of ketones is 1. The molecule has 2 atom stereocenters. The highest BCUT2D eigenvalue weighted by Crippen LogP contribution is 2.27. The van der Waals surface area contributed by atoms with Crippen LogP contribution in [0, 0.1) is 5.92 Å². The molecule has 0 radical (unpaired) electrons. The molecule has 0 aliphatic carbocycles. The summed E-state index contributed by atoms with van der Waals surface area (Å²) in [5.41, 5.74) is 0.609. The lowest BCUT2D eigenvalue weighted by Crippen LogP contribution is -2.21. The Balaban J connectivity index is 2.93. The molecule has 2 nitrogen and oxygen atoms in total. The molecule has 94 valence electrons. The summed E-state index contributed by atoms with van der Waals surface area (Å²) in [6.45, 7) is 4.11. The fourth-order valence-corrected chi connectivity index (χ4v) is 2.34. The van der Waals surface area contributed by atoms with Crippen molar-refractivity contribution in [2.75, 3.05) is 7.11 Å². The van der Waals surface area contributed by atoms with Gasteiger partial charge in [0, 0.05) is 5.56 Å². The van der Waals surface area contributed by atoms with E-state index in [0.717, 1.165) is 6.42 Å². The van der Waals surface area contributed by atoms with Crippen LogP contribution in [0.2, 0.25) is 5.02 Å². The highest BCUT2D eigenvalue weighted by Gasteiger charge is 2.22. The number of ether oxygens (including phenoxy) is 1. The minimum absolute atomic E-state index is 0.0592. The third kappa shape index (κ3) is 3.46. The number of benzene rings is 1. The third-order valence-corrected chi connectivity index (χ3v) is 4.44. The Morgan fingerprint density at radius 3 is 2.65 bits per heavy atom. The van der Waals surface area contributed by atoms with Crippen LogP contribution in [0.15, 0.2) is 18.2 Å². The van der Waals surface area contributed by atoms with E-state index >= 15 is 0 Å². The average molecular weight is 320 g/mol. The van der Waals surface area contributed by atoms with Crippen LogP contribution in [0.4, 0.5) is 0 Å². The van der Waals surface area contributed by atoms with E-state index in [1.54, 1.807) is 25.3 Å². The smallest absolute Gasteiger partial charge is 0.176 e. The van der Waals surface area contributed by atoms with Gasteiger partial charge in [-0.2, -0.15) is 0 Å². The van der Waals surface area contributed by atoms with Gasteiger partial charge < -0.3 is 4.74 Å². The van der Waals surface area contributed by atoms with Crippen LogP contribution >= 0.6 is 27.5 Å². The number of hydrogen-bond acceptors (Lipinski definition) is 2. The largest absolute Gasteiger partial charge is 0.495 e. The van der Waals surface area contributed by atoms with E-state index in [0.29, 0.717) is 22.3 Å². The molecule has 0 N–H and O–H groups in total. The van der Waals surface area contributed by atoms with Crippen molar-refractivity contribution in [2.45, 2.75) is 25.1 Å². The van der Waals surface area contributed by atoms with Crippen molar-refractivity contribution in [1.29, 1.82) is 0 Å². The van der Waals surface area contributed by atoms with E-state index in [4.69, 9.17) is 16.3 Å². The van der Waals surface area contributed by atoms with Gasteiger partial charge in [0.2, 0.25) is 0 Å². The fraction of sp³-hybridized carbons (Fsp3) is 0.462. The van der Waals surface area contributed by atoms with Gasteiger partial charge in [-0.1, -0.05) is 47.8 Å². The van der Waals surface area contributed by atoms with Crippen LogP contribution in [0.3, 0.4) is 0 Å². The molecule has 0 amide bonds. The molecule has 0 saturated heterocycles. The molecular formula is C13H16BrClO2. The van der Waals surface area contributed by atoms with Crippen LogP contribution in [-0.2, 0) is 0 Å². The van der Waals surface area contributed by atoms with Crippen LogP contribution < -0.4 is 4.74 Å². The molecule has 17 heavy (non-hydrogen) atoms. The molecule has 0 aliphatic rings. The zero-order valence-electron chi connectivity index (χ0n) is 10.2. The highest BCUT2D eigenvalue weighted by molar-refractivity contribution is 9.10. The number of rotatable bonds is 5. The van der Waals surface area contributed by atoms with Crippen LogP contribution in [0.25, 0.3) is 0 Å². The van der Waals surface area contributed by atoms with Crippen molar-refractivity contribution < 1.29 is 9.53 Å². The molecule has 0 saturated carbocycles. The molecule has 0 aromatic heterocycles. The quantitative estimate of drug-likeness (QED) is 0.596. The zero-order chi connectivity index (χ0) is 13.0. The fourth-order valence-electron chi connectivity index (χ4n) is 1.44. The Hall–Kier alpha value is -0.540. The summed E-state index contributed by atoms with van der Waals surface area (Å²) in [5.74, 6) is 0.935. The first-order valence-electron chi connectivity index (χ1n) is 5.53. The second-order valence-corrected chi connectivity index (χ2v) is 5.39. The Kier molecular flexibility index (Phi) is 5.47.